The number of carbonyl (C=O) groups is 1. The largest absolute Gasteiger partial charge is 0.435 e. The van der Waals surface area contributed by atoms with E-state index in [1.54, 1.807) is 0 Å². The van der Waals surface area contributed by atoms with Crippen molar-refractivity contribution in [2.45, 2.75) is 13.5 Å². The van der Waals surface area contributed by atoms with Gasteiger partial charge in [-0.25, -0.2) is 0 Å². The molecule has 0 radical (unpaired) electrons. The monoisotopic (exact) mass is 244 g/mol. The first-order valence-electron chi connectivity index (χ1n) is 5.17. The van der Waals surface area contributed by atoms with Gasteiger partial charge in [0.1, 0.15) is 5.75 Å². The summed E-state index contributed by atoms with van der Waals surface area (Å²) >= 11 is 0. The van der Waals surface area contributed by atoms with Crippen LogP contribution in [0.15, 0.2) is 24.3 Å². The van der Waals surface area contributed by atoms with Crippen molar-refractivity contribution in [3.8, 4) is 5.75 Å². The Balaban J connectivity index is 2.47. The van der Waals surface area contributed by atoms with Crippen LogP contribution < -0.4 is 15.4 Å². The van der Waals surface area contributed by atoms with Crippen molar-refractivity contribution >= 4 is 11.6 Å². The Morgan fingerprint density at radius 3 is 2.53 bits per heavy atom. The average molecular weight is 244 g/mol. The highest BCUT2D eigenvalue weighted by Crippen LogP contribution is 2.17. The molecule has 94 valence electrons. The lowest BCUT2D eigenvalue weighted by atomic mass is 10.3. The van der Waals surface area contributed by atoms with Crippen LogP contribution in [0.25, 0.3) is 0 Å². The Labute approximate surface area is 98.0 Å². The molecule has 1 aromatic carbocycles. The number of ether oxygens (including phenoxy) is 1. The molecule has 0 spiro atoms. The molecule has 0 fully saturated rings. The van der Waals surface area contributed by atoms with E-state index >= 15 is 0 Å². The fraction of sp³-hybridized carbons (Fsp3) is 0.364. The number of nitrogens with one attached hydrogen (secondary N) is 2. The van der Waals surface area contributed by atoms with Gasteiger partial charge in [0, 0.05) is 5.69 Å². The molecule has 0 aromatic heterocycles. The molecule has 6 heteroatoms. The third-order valence-corrected chi connectivity index (χ3v) is 1.90. The summed E-state index contributed by atoms with van der Waals surface area (Å²) < 4.78 is 27.9. The average Bonchev–Trinajstić information content (AvgIpc) is 2.28. The van der Waals surface area contributed by atoms with Gasteiger partial charge < -0.3 is 15.4 Å². The number of alkyl halides is 2. The van der Waals surface area contributed by atoms with Gasteiger partial charge in [0.15, 0.2) is 0 Å². The summed E-state index contributed by atoms with van der Waals surface area (Å²) in [5.74, 6) is -0.126. The molecule has 0 heterocycles. The number of likely N-dealkylation sites (N-methyl/N-ethyl adjacent to an activating group) is 1. The molecule has 1 amide bonds. The minimum atomic E-state index is -2.84. The second kappa shape index (κ2) is 6.80. The maximum atomic E-state index is 11.9. The summed E-state index contributed by atoms with van der Waals surface area (Å²) in [5.41, 5.74) is 0.537. The van der Waals surface area contributed by atoms with Crippen molar-refractivity contribution in [1.82, 2.24) is 5.32 Å². The Hall–Kier alpha value is -1.69. The molecule has 0 aliphatic rings. The van der Waals surface area contributed by atoms with Gasteiger partial charge >= 0.3 is 6.61 Å². The van der Waals surface area contributed by atoms with E-state index in [0.717, 1.165) is 0 Å². The van der Waals surface area contributed by atoms with Gasteiger partial charge in [-0.15, -0.1) is 0 Å². The van der Waals surface area contributed by atoms with E-state index in [2.05, 4.69) is 15.4 Å². The Kier molecular flexibility index (Phi) is 5.35. The molecule has 1 rings (SSSR count). The van der Waals surface area contributed by atoms with E-state index in [1.807, 2.05) is 6.92 Å². The SMILES string of the molecule is CCNCC(=O)Nc1ccc(OC(F)F)cc1. The summed E-state index contributed by atoms with van der Waals surface area (Å²) in [7, 11) is 0. The molecule has 17 heavy (non-hydrogen) atoms. The zero-order valence-corrected chi connectivity index (χ0v) is 9.37. The first-order chi connectivity index (χ1) is 8.11. The van der Waals surface area contributed by atoms with Crippen LogP contribution in [0.1, 0.15) is 6.92 Å². The van der Waals surface area contributed by atoms with Crippen LogP contribution in [0.3, 0.4) is 0 Å². The molecule has 1 aromatic rings. The summed E-state index contributed by atoms with van der Waals surface area (Å²) in [5, 5.41) is 5.48. The molecule has 4 nitrogen and oxygen atoms in total. The fourth-order valence-electron chi connectivity index (χ4n) is 1.16. The van der Waals surface area contributed by atoms with Gasteiger partial charge in [-0.1, -0.05) is 6.92 Å². The third-order valence-electron chi connectivity index (χ3n) is 1.90. The maximum Gasteiger partial charge on any atom is 0.387 e. The Morgan fingerprint density at radius 2 is 2.00 bits per heavy atom. The lowest BCUT2D eigenvalue weighted by Gasteiger charge is -2.07. The number of anilines is 1. The number of halogens is 2. The fourth-order valence-corrected chi connectivity index (χ4v) is 1.16. The first kappa shape index (κ1) is 13.4. The molecule has 2 N–H and O–H groups in total. The number of benzene rings is 1. The number of amides is 1. The van der Waals surface area contributed by atoms with E-state index < -0.39 is 6.61 Å². The molecule has 0 bridgehead atoms. The predicted molar refractivity (Wildman–Crippen MR) is 60.2 cm³/mol. The smallest absolute Gasteiger partial charge is 0.387 e. The first-order valence-corrected chi connectivity index (χ1v) is 5.17. The van der Waals surface area contributed by atoms with E-state index in [4.69, 9.17) is 0 Å². The minimum absolute atomic E-state index is 0.0599. The van der Waals surface area contributed by atoms with Gasteiger partial charge in [0.25, 0.3) is 0 Å². The van der Waals surface area contributed by atoms with Crippen molar-refractivity contribution in [2.24, 2.45) is 0 Å². The van der Waals surface area contributed by atoms with E-state index in [1.165, 1.54) is 24.3 Å². The van der Waals surface area contributed by atoms with Crippen molar-refractivity contribution < 1.29 is 18.3 Å². The number of rotatable bonds is 6. The van der Waals surface area contributed by atoms with Crippen molar-refractivity contribution in [3.63, 3.8) is 0 Å². The summed E-state index contributed by atoms with van der Waals surface area (Å²) in [6.07, 6.45) is 0. The summed E-state index contributed by atoms with van der Waals surface area (Å²) in [4.78, 5) is 11.3. The van der Waals surface area contributed by atoms with Gasteiger partial charge in [0.05, 0.1) is 6.54 Å². The van der Waals surface area contributed by atoms with Gasteiger partial charge in [-0.3, -0.25) is 4.79 Å². The molecule has 0 unspecified atom stereocenters. The van der Waals surface area contributed by atoms with Crippen LogP contribution >= 0.6 is 0 Å². The highest BCUT2D eigenvalue weighted by molar-refractivity contribution is 5.92. The molecular formula is C11H14F2N2O2. The van der Waals surface area contributed by atoms with E-state index in [-0.39, 0.29) is 18.2 Å². The van der Waals surface area contributed by atoms with Gasteiger partial charge in [0.2, 0.25) is 5.91 Å². The van der Waals surface area contributed by atoms with Crippen molar-refractivity contribution in [3.05, 3.63) is 24.3 Å². The van der Waals surface area contributed by atoms with E-state index in [9.17, 15) is 13.6 Å². The highest BCUT2D eigenvalue weighted by atomic mass is 19.3. The molecular weight excluding hydrogens is 230 g/mol. The minimum Gasteiger partial charge on any atom is -0.435 e. The molecule has 0 saturated carbocycles. The number of carbonyl (C=O) groups excluding carboxylic acids is 1. The number of hydrogen-bond acceptors (Lipinski definition) is 3. The predicted octanol–water partition coefficient (Wildman–Crippen LogP) is 1.84. The van der Waals surface area contributed by atoms with Crippen molar-refractivity contribution in [1.29, 1.82) is 0 Å². The van der Waals surface area contributed by atoms with Gasteiger partial charge in [-0.05, 0) is 30.8 Å². The molecule has 0 aliphatic carbocycles. The second-order valence-electron chi connectivity index (χ2n) is 3.23. The second-order valence-corrected chi connectivity index (χ2v) is 3.23. The Bertz CT molecular complexity index is 355. The zero-order valence-electron chi connectivity index (χ0n) is 9.37. The van der Waals surface area contributed by atoms with Crippen LogP contribution in [0.4, 0.5) is 14.5 Å². The number of hydrogen-bond donors (Lipinski definition) is 2. The summed E-state index contributed by atoms with van der Waals surface area (Å²) in [6.45, 7) is -0.0337. The van der Waals surface area contributed by atoms with E-state index in [0.29, 0.717) is 12.2 Å². The van der Waals surface area contributed by atoms with Crippen LogP contribution in [0, 0.1) is 0 Å². The third kappa shape index (κ3) is 5.26. The Morgan fingerprint density at radius 1 is 1.35 bits per heavy atom. The zero-order chi connectivity index (χ0) is 12.7. The molecule has 0 saturated heterocycles. The van der Waals surface area contributed by atoms with Gasteiger partial charge in [-0.2, -0.15) is 8.78 Å². The van der Waals surface area contributed by atoms with Crippen LogP contribution in [-0.4, -0.2) is 25.6 Å². The lowest BCUT2D eigenvalue weighted by molar-refractivity contribution is -0.115. The van der Waals surface area contributed by atoms with Crippen LogP contribution in [-0.2, 0) is 4.79 Å². The highest BCUT2D eigenvalue weighted by Gasteiger charge is 2.05. The standard InChI is InChI=1S/C11H14F2N2O2/c1-2-14-7-10(16)15-8-3-5-9(6-4-8)17-11(12)13/h3-6,11,14H,2,7H2,1H3,(H,15,16). The molecule has 0 atom stereocenters. The lowest BCUT2D eigenvalue weighted by Crippen LogP contribution is -2.27. The quantitative estimate of drug-likeness (QED) is 0.802. The van der Waals surface area contributed by atoms with Crippen LogP contribution in [0.5, 0.6) is 5.75 Å². The normalized spacial score (nSPS) is 10.4. The van der Waals surface area contributed by atoms with Crippen molar-refractivity contribution in [2.75, 3.05) is 18.4 Å². The molecule has 0 aliphatic heterocycles. The topological polar surface area (TPSA) is 50.4 Å². The van der Waals surface area contributed by atoms with Crippen LogP contribution in [0.2, 0.25) is 0 Å². The summed E-state index contributed by atoms with van der Waals surface area (Å²) in [6, 6.07) is 5.74. The maximum absolute atomic E-state index is 11.9.